The third-order valence-electron chi connectivity index (χ3n) is 30.8. The predicted octanol–water partition coefficient (Wildman–Crippen LogP) is 35.8. The Morgan fingerprint density at radius 3 is 1.05 bits per heavy atom. The van der Waals surface area contributed by atoms with Crippen molar-refractivity contribution in [1.29, 1.82) is 0 Å². The van der Waals surface area contributed by atoms with Crippen LogP contribution in [0.25, 0.3) is 88.3 Å². The van der Waals surface area contributed by atoms with Crippen molar-refractivity contribution in [2.24, 2.45) is 0 Å². The number of benzene rings is 22. The second-order valence-electron chi connectivity index (χ2n) is 38.7. The molecule has 4 heteroatoms. The van der Waals surface area contributed by atoms with Crippen LogP contribution in [0, 0.1) is 0 Å². The average molecular weight is 1790 g/mol. The Hall–Kier alpha value is -17.4. The number of anilines is 12. The summed E-state index contributed by atoms with van der Waals surface area (Å²) in [6.45, 7) is 7.38. The van der Waals surface area contributed by atoms with Gasteiger partial charge in [0.15, 0.2) is 0 Å². The minimum Gasteiger partial charge on any atom is -0.311 e. The lowest BCUT2D eigenvalue weighted by atomic mass is 9.54. The highest BCUT2D eigenvalue weighted by Gasteiger charge is 2.56. The van der Waals surface area contributed by atoms with Crippen molar-refractivity contribution < 1.29 is 0 Å². The van der Waals surface area contributed by atoms with Crippen molar-refractivity contribution in [2.75, 3.05) is 19.6 Å². The monoisotopic (exact) mass is 1790 g/mol. The van der Waals surface area contributed by atoms with Crippen LogP contribution in [0.1, 0.15) is 93.1 Å². The minimum atomic E-state index is -0.730. The second-order valence-corrected chi connectivity index (χ2v) is 38.7. The first kappa shape index (κ1) is 83.2. The summed E-state index contributed by atoms with van der Waals surface area (Å²) < 4.78 is 0. The molecular weight excluding hydrogens is 1690 g/mol. The summed E-state index contributed by atoms with van der Waals surface area (Å²) >= 11 is 0. The SMILES string of the molecule is CC1(C)c2ccccc2C2(c3ccccc3-c3c(-c4cccc(N(c5ccccc5)c5ccc(CC6(C)c7ccccc7C7(c8ccc(-c9ccccc9N(c9ccccc9)c9ccc%10ccccc%10c9)cc8-c8ccc(-c9ccc(N(c%10ccccc%10)c%10ccc%11ccccc%11c%10)cc9)cc87)c7ccccc76)cc5)c4)cccc32)c2ccc(-c3ccc(N(c4ccccc4)c4ccccc4)cc3)cc21. The van der Waals surface area contributed by atoms with Gasteiger partial charge in [0.1, 0.15) is 0 Å². The molecule has 26 rings (SSSR count). The van der Waals surface area contributed by atoms with E-state index in [1.807, 2.05) is 0 Å². The fourth-order valence-electron chi connectivity index (χ4n) is 24.5. The standard InChI is InChI=1S/C136H98N4/c1-133(2)121-55-26-29-58-124(121)135(127-84-72-100(90-130(127)133)96-65-76-109(77-66-96)137(103-40-9-4-10-41-103)104-42-11-5-12-43-104)119-54-25-23-52-117(119)132-115(53-34-61-128(132)135)101-39-33-50-111(87-101)138(105-44-13-6-14-45-105)108-74-63-92(64-75-108)91-134(3)122-56-27-30-59-125(122)136(126-60-31-28-57-123(126)134)120-83-73-102(114-51-24-32-62-131(114)140(107-48-17-8-18-49-107)113-81-70-94-36-20-22-38-98(94)86-113)88-118(120)116-82-71-99(89-129(116)136)95-67-78-110(79-68-95)139(106-46-15-7-16-47-106)112-80-69-93-35-19-21-37-97(93)85-112/h4-90H,91H2,1-3H3. The molecule has 0 aromatic heterocycles. The summed E-state index contributed by atoms with van der Waals surface area (Å²) in [5, 5.41) is 4.82. The molecule has 662 valence electrons. The van der Waals surface area contributed by atoms with Gasteiger partial charge in [-0.25, -0.2) is 0 Å². The zero-order valence-electron chi connectivity index (χ0n) is 78.2. The van der Waals surface area contributed by atoms with Crippen molar-refractivity contribution in [3.63, 3.8) is 0 Å². The molecule has 0 amide bonds. The summed E-state index contributed by atoms with van der Waals surface area (Å²) in [6, 6.07) is 198. The molecule has 4 aliphatic carbocycles. The van der Waals surface area contributed by atoms with E-state index < -0.39 is 16.2 Å². The van der Waals surface area contributed by atoms with Crippen molar-refractivity contribution in [2.45, 2.75) is 48.9 Å². The normalized spacial score (nSPS) is 15.0. The average Bonchev–Trinajstić information content (AvgIpc) is 1.47. The lowest BCUT2D eigenvalue weighted by Crippen LogP contribution is -2.43. The van der Waals surface area contributed by atoms with Gasteiger partial charge in [-0.3, -0.25) is 0 Å². The van der Waals surface area contributed by atoms with Crippen LogP contribution >= 0.6 is 0 Å². The fourth-order valence-corrected chi connectivity index (χ4v) is 24.5. The Balaban J connectivity index is 0.570. The van der Waals surface area contributed by atoms with E-state index in [-0.39, 0.29) is 5.41 Å². The summed E-state index contributed by atoms with van der Waals surface area (Å²) in [4.78, 5) is 9.59. The van der Waals surface area contributed by atoms with Crippen LogP contribution in [0.3, 0.4) is 0 Å². The zero-order valence-corrected chi connectivity index (χ0v) is 78.2. The molecule has 1 unspecified atom stereocenters. The predicted molar refractivity (Wildman–Crippen MR) is 585 cm³/mol. The van der Waals surface area contributed by atoms with Crippen molar-refractivity contribution in [3.8, 4) is 66.8 Å². The topological polar surface area (TPSA) is 13.0 Å². The maximum absolute atomic E-state index is 2.55. The van der Waals surface area contributed by atoms with E-state index in [9.17, 15) is 0 Å². The number of hydrogen-bond donors (Lipinski definition) is 0. The molecule has 0 bridgehead atoms. The van der Waals surface area contributed by atoms with Crippen LogP contribution in [0.2, 0.25) is 0 Å². The van der Waals surface area contributed by atoms with E-state index >= 15 is 0 Å². The van der Waals surface area contributed by atoms with E-state index in [0.29, 0.717) is 0 Å². The third-order valence-corrected chi connectivity index (χ3v) is 30.8. The van der Waals surface area contributed by atoms with E-state index in [1.165, 1.54) is 133 Å². The Kier molecular flexibility index (Phi) is 19.9. The molecule has 0 saturated heterocycles. The van der Waals surface area contributed by atoms with E-state index in [0.717, 1.165) is 102 Å². The van der Waals surface area contributed by atoms with E-state index in [1.54, 1.807) is 0 Å². The van der Waals surface area contributed by atoms with E-state index in [4.69, 9.17) is 0 Å². The van der Waals surface area contributed by atoms with Crippen LogP contribution in [0.4, 0.5) is 68.2 Å². The maximum atomic E-state index is 2.55. The van der Waals surface area contributed by atoms with Gasteiger partial charge in [-0.2, -0.15) is 0 Å². The van der Waals surface area contributed by atoms with Gasteiger partial charge in [0.25, 0.3) is 0 Å². The number of rotatable bonds is 18. The lowest BCUT2D eigenvalue weighted by Gasteiger charge is -2.48. The van der Waals surface area contributed by atoms with Gasteiger partial charge >= 0.3 is 0 Å². The lowest BCUT2D eigenvalue weighted by molar-refractivity contribution is 0.514. The van der Waals surface area contributed by atoms with Crippen LogP contribution in [0.5, 0.6) is 0 Å². The van der Waals surface area contributed by atoms with Gasteiger partial charge in [0, 0.05) is 79.0 Å². The summed E-state index contributed by atoms with van der Waals surface area (Å²) in [5.41, 5.74) is 42.3. The molecule has 22 aromatic carbocycles. The van der Waals surface area contributed by atoms with Gasteiger partial charge < -0.3 is 19.6 Å². The Bertz CT molecular complexity index is 8480. The zero-order chi connectivity index (χ0) is 93.2. The Morgan fingerprint density at radius 2 is 0.500 bits per heavy atom. The van der Waals surface area contributed by atoms with Crippen LogP contribution < -0.4 is 19.6 Å². The number of nitrogens with zero attached hydrogens (tertiary/aromatic N) is 4. The van der Waals surface area contributed by atoms with Gasteiger partial charge in [-0.1, -0.05) is 391 Å². The van der Waals surface area contributed by atoms with Gasteiger partial charge in [0.2, 0.25) is 0 Å². The van der Waals surface area contributed by atoms with Crippen LogP contribution in [-0.4, -0.2) is 0 Å². The molecular formula is C136H98N4. The molecule has 0 N–H and O–H groups in total. The molecule has 1 atom stereocenters. The fraction of sp³-hybridized carbons (Fsp3) is 0.0588. The quantitative estimate of drug-likeness (QED) is 0.0849. The number of hydrogen-bond acceptors (Lipinski definition) is 4. The Morgan fingerprint density at radius 1 is 0.164 bits per heavy atom. The molecule has 4 nitrogen and oxygen atoms in total. The van der Waals surface area contributed by atoms with Crippen LogP contribution in [0.15, 0.2) is 528 Å². The number of para-hydroxylation sites is 6. The summed E-state index contributed by atoms with van der Waals surface area (Å²) in [7, 11) is 0. The minimum absolute atomic E-state index is 0.329. The molecule has 0 heterocycles. The van der Waals surface area contributed by atoms with Gasteiger partial charge in [-0.15, -0.1) is 0 Å². The summed E-state index contributed by atoms with van der Waals surface area (Å²) in [5.74, 6) is 0. The third kappa shape index (κ3) is 13.3. The first-order valence-corrected chi connectivity index (χ1v) is 49.0. The molecule has 0 fully saturated rings. The molecule has 0 aliphatic heterocycles. The Labute approximate surface area is 819 Å². The molecule has 0 radical (unpaired) electrons. The van der Waals surface area contributed by atoms with Crippen LogP contribution in [-0.2, 0) is 28.1 Å². The highest BCUT2D eigenvalue weighted by atomic mass is 15.2. The first-order valence-electron chi connectivity index (χ1n) is 49.0. The van der Waals surface area contributed by atoms with Crippen molar-refractivity contribution in [1.82, 2.24) is 0 Å². The first-order chi connectivity index (χ1) is 69.0. The molecule has 22 aromatic rings. The summed E-state index contributed by atoms with van der Waals surface area (Å²) in [6.07, 6.45) is 0.752. The van der Waals surface area contributed by atoms with E-state index in [2.05, 4.69) is 568 Å². The number of fused-ring (bicyclic) bond motifs is 20. The van der Waals surface area contributed by atoms with Crippen molar-refractivity contribution >= 4 is 89.8 Å². The molecule has 2 spiro atoms. The smallest absolute Gasteiger partial charge is 0.0719 e. The molecule has 140 heavy (non-hydrogen) atoms. The van der Waals surface area contributed by atoms with Gasteiger partial charge in [-0.05, 0) is 319 Å². The van der Waals surface area contributed by atoms with Gasteiger partial charge in [0.05, 0.1) is 16.5 Å². The highest BCUT2D eigenvalue weighted by Crippen LogP contribution is 2.67. The maximum Gasteiger partial charge on any atom is 0.0719 e. The van der Waals surface area contributed by atoms with Crippen molar-refractivity contribution in [3.05, 3.63) is 600 Å². The molecule has 0 saturated carbocycles. The molecule has 4 aliphatic rings. The highest BCUT2D eigenvalue weighted by molar-refractivity contribution is 6.01. The second kappa shape index (κ2) is 33.5. The largest absolute Gasteiger partial charge is 0.311 e.